The number of rotatable bonds is 3. The summed E-state index contributed by atoms with van der Waals surface area (Å²) in [5.74, 6) is -0.447. The second-order valence-electron chi connectivity index (χ2n) is 7.00. The van der Waals surface area contributed by atoms with Gasteiger partial charge in [-0.05, 0) is 24.7 Å². The van der Waals surface area contributed by atoms with Crippen LogP contribution in [0.3, 0.4) is 0 Å². The van der Waals surface area contributed by atoms with E-state index in [1.165, 1.54) is 24.3 Å². The minimum atomic E-state index is -4.98. The maximum atomic E-state index is 13.5. The number of nitrogens with zero attached hydrogens (tertiary/aromatic N) is 3. The van der Waals surface area contributed by atoms with E-state index in [2.05, 4.69) is 4.98 Å². The molecule has 1 aromatic heterocycles. The molecule has 24 heavy (non-hydrogen) atoms. The first-order valence-electron chi connectivity index (χ1n) is 8.27. The van der Waals surface area contributed by atoms with Crippen LogP contribution in [0.5, 0.6) is 0 Å². The van der Waals surface area contributed by atoms with Crippen LogP contribution in [0.25, 0.3) is 0 Å². The van der Waals surface area contributed by atoms with Gasteiger partial charge in [-0.2, -0.15) is 13.2 Å². The van der Waals surface area contributed by atoms with E-state index in [4.69, 9.17) is 0 Å². The van der Waals surface area contributed by atoms with E-state index in [1.807, 2.05) is 0 Å². The minimum Gasteiger partial charge on any atom is -0.374 e. The molecule has 1 saturated carbocycles. The monoisotopic (exact) mass is 345 g/mol. The van der Waals surface area contributed by atoms with Crippen molar-refractivity contribution >= 4 is 5.91 Å². The third kappa shape index (κ3) is 2.92. The fourth-order valence-electron chi connectivity index (χ4n) is 4.01. The topological polar surface area (TPSA) is 58.4 Å². The van der Waals surface area contributed by atoms with Crippen molar-refractivity contribution < 1.29 is 23.1 Å². The molecule has 1 aromatic rings. The fraction of sp³-hybridized carbons (Fsp3) is 0.750. The Morgan fingerprint density at radius 2 is 1.88 bits per heavy atom. The zero-order valence-electron chi connectivity index (χ0n) is 13.6. The molecule has 3 atom stereocenters. The van der Waals surface area contributed by atoms with Crippen molar-refractivity contribution in [3.8, 4) is 0 Å². The Labute approximate surface area is 138 Å². The highest BCUT2D eigenvalue weighted by Gasteiger charge is 2.59. The number of aryl methyl sites for hydroxylation is 1. The number of aromatic nitrogens is 2. The van der Waals surface area contributed by atoms with Crippen LogP contribution in [-0.4, -0.2) is 44.7 Å². The number of imidazole rings is 1. The van der Waals surface area contributed by atoms with Gasteiger partial charge in [-0.15, -0.1) is 0 Å². The maximum absolute atomic E-state index is 13.5. The van der Waals surface area contributed by atoms with E-state index in [0.29, 0.717) is 24.9 Å². The molecule has 8 heteroatoms. The van der Waals surface area contributed by atoms with Crippen molar-refractivity contribution in [1.82, 2.24) is 14.5 Å². The van der Waals surface area contributed by atoms with Crippen molar-refractivity contribution in [2.75, 3.05) is 13.1 Å². The first-order valence-corrected chi connectivity index (χ1v) is 8.27. The van der Waals surface area contributed by atoms with Crippen LogP contribution in [0.2, 0.25) is 0 Å². The molecule has 0 bridgehead atoms. The third-order valence-corrected chi connectivity index (χ3v) is 5.40. The number of carbonyl (C=O) groups is 1. The summed E-state index contributed by atoms with van der Waals surface area (Å²) in [7, 11) is 1.37. The molecule has 2 fully saturated rings. The predicted molar refractivity (Wildman–Crippen MR) is 79.8 cm³/mol. The molecule has 5 nitrogen and oxygen atoms in total. The normalized spacial score (nSPS) is 27.0. The number of aliphatic hydroxyl groups is 1. The van der Waals surface area contributed by atoms with Gasteiger partial charge in [0, 0.05) is 32.5 Å². The van der Waals surface area contributed by atoms with Crippen LogP contribution in [0, 0.1) is 11.8 Å². The second kappa shape index (κ2) is 6.06. The van der Waals surface area contributed by atoms with Gasteiger partial charge in [0.25, 0.3) is 0 Å². The van der Waals surface area contributed by atoms with Gasteiger partial charge in [0.05, 0.1) is 6.42 Å². The number of fused-ring (bicyclic) bond motifs is 1. The van der Waals surface area contributed by atoms with Gasteiger partial charge in [-0.25, -0.2) is 4.98 Å². The molecule has 1 N–H and O–H groups in total. The Morgan fingerprint density at radius 1 is 1.29 bits per heavy atom. The number of likely N-dealkylation sites (tertiary alicyclic amines) is 1. The maximum Gasteiger partial charge on any atom is 0.425 e. The molecule has 3 rings (SSSR count). The average molecular weight is 345 g/mol. The molecule has 0 spiro atoms. The zero-order valence-corrected chi connectivity index (χ0v) is 13.6. The molecule has 1 amide bonds. The molecule has 1 saturated heterocycles. The van der Waals surface area contributed by atoms with Crippen molar-refractivity contribution in [1.29, 1.82) is 0 Å². The van der Waals surface area contributed by atoms with Crippen LogP contribution in [0.1, 0.15) is 37.9 Å². The first kappa shape index (κ1) is 17.3. The smallest absolute Gasteiger partial charge is 0.374 e. The number of halogens is 3. The fourth-order valence-corrected chi connectivity index (χ4v) is 4.01. The van der Waals surface area contributed by atoms with Gasteiger partial charge in [0.2, 0.25) is 11.5 Å². The molecule has 0 aromatic carbocycles. The molecule has 2 aliphatic rings. The SMILES string of the molecule is Cn1ccnc1C(O)(CC(=O)N1CC2CCCCC2C1)C(F)(F)F. The number of hydrogen-bond donors (Lipinski definition) is 1. The van der Waals surface area contributed by atoms with E-state index in [-0.39, 0.29) is 0 Å². The Kier molecular flexibility index (Phi) is 4.36. The highest BCUT2D eigenvalue weighted by atomic mass is 19.4. The quantitative estimate of drug-likeness (QED) is 0.914. The van der Waals surface area contributed by atoms with Crippen LogP contribution in [0.15, 0.2) is 12.4 Å². The third-order valence-electron chi connectivity index (χ3n) is 5.40. The Morgan fingerprint density at radius 3 is 2.33 bits per heavy atom. The first-order chi connectivity index (χ1) is 11.2. The Balaban J connectivity index is 1.79. The van der Waals surface area contributed by atoms with Crippen molar-refractivity contribution in [3.63, 3.8) is 0 Å². The molecule has 2 heterocycles. The summed E-state index contributed by atoms with van der Waals surface area (Å²) in [6.45, 7) is 0.996. The van der Waals surface area contributed by atoms with E-state index in [9.17, 15) is 23.1 Å². The van der Waals surface area contributed by atoms with Gasteiger partial charge >= 0.3 is 6.18 Å². The number of hydrogen-bond acceptors (Lipinski definition) is 3. The molecular weight excluding hydrogens is 323 g/mol. The van der Waals surface area contributed by atoms with Crippen molar-refractivity contribution in [2.24, 2.45) is 18.9 Å². The summed E-state index contributed by atoms with van der Waals surface area (Å²) in [5.41, 5.74) is -3.27. The summed E-state index contributed by atoms with van der Waals surface area (Å²) < 4.78 is 41.7. The molecule has 3 unspecified atom stereocenters. The van der Waals surface area contributed by atoms with Crippen LogP contribution < -0.4 is 0 Å². The minimum absolute atomic E-state index is 0.384. The predicted octanol–water partition coefficient (Wildman–Crippen LogP) is 2.21. The lowest BCUT2D eigenvalue weighted by Crippen LogP contribution is -2.48. The zero-order chi connectivity index (χ0) is 17.5. The number of carbonyl (C=O) groups excluding carboxylic acids is 1. The second-order valence-corrected chi connectivity index (χ2v) is 7.00. The highest BCUT2D eigenvalue weighted by Crippen LogP contribution is 2.42. The summed E-state index contributed by atoms with van der Waals surface area (Å²) in [5, 5.41) is 10.3. The molecule has 0 radical (unpaired) electrons. The average Bonchev–Trinajstić information content (AvgIpc) is 3.11. The summed E-state index contributed by atoms with van der Waals surface area (Å²) in [4.78, 5) is 17.6. The van der Waals surface area contributed by atoms with Crippen LogP contribution in [0.4, 0.5) is 13.2 Å². The van der Waals surface area contributed by atoms with E-state index < -0.39 is 29.9 Å². The summed E-state index contributed by atoms with van der Waals surface area (Å²) in [6.07, 6.45) is 0.775. The highest BCUT2D eigenvalue weighted by molar-refractivity contribution is 5.78. The molecular formula is C16H22F3N3O2. The van der Waals surface area contributed by atoms with Gasteiger partial charge in [-0.3, -0.25) is 4.79 Å². The van der Waals surface area contributed by atoms with Crippen LogP contribution in [-0.2, 0) is 17.4 Å². The van der Waals surface area contributed by atoms with E-state index in [1.54, 1.807) is 0 Å². The van der Waals surface area contributed by atoms with Crippen molar-refractivity contribution in [2.45, 2.75) is 43.9 Å². The van der Waals surface area contributed by atoms with E-state index >= 15 is 0 Å². The van der Waals surface area contributed by atoms with Gasteiger partial charge in [0.1, 0.15) is 0 Å². The lowest BCUT2D eigenvalue weighted by Gasteiger charge is -2.31. The number of alkyl halides is 3. The Hall–Kier alpha value is -1.57. The summed E-state index contributed by atoms with van der Waals surface area (Å²) in [6, 6.07) is 0. The molecule has 1 aliphatic carbocycles. The standard InChI is InChI=1S/C16H22F3N3O2/c1-21-7-6-20-14(21)15(24,16(17,18)19)8-13(23)22-9-11-4-2-3-5-12(11)10-22/h6-7,11-12,24H,2-5,8-10H2,1H3. The van der Waals surface area contributed by atoms with Gasteiger partial charge in [0.15, 0.2) is 5.82 Å². The van der Waals surface area contributed by atoms with Gasteiger partial charge < -0.3 is 14.6 Å². The molecule has 134 valence electrons. The van der Waals surface area contributed by atoms with Crippen molar-refractivity contribution in [3.05, 3.63) is 18.2 Å². The Bertz CT molecular complexity index is 602. The van der Waals surface area contributed by atoms with E-state index in [0.717, 1.165) is 30.3 Å². The number of amides is 1. The molecule has 1 aliphatic heterocycles. The summed E-state index contributed by atoms with van der Waals surface area (Å²) >= 11 is 0. The van der Waals surface area contributed by atoms with Crippen LogP contribution >= 0.6 is 0 Å². The lowest BCUT2D eigenvalue weighted by molar-refractivity contribution is -0.271. The largest absolute Gasteiger partial charge is 0.425 e. The van der Waals surface area contributed by atoms with Gasteiger partial charge in [-0.1, -0.05) is 12.8 Å². The lowest BCUT2D eigenvalue weighted by atomic mass is 9.82.